The molecular weight excluding hydrogens is 248 g/mol. The van der Waals surface area contributed by atoms with Gasteiger partial charge >= 0.3 is 0 Å². The summed E-state index contributed by atoms with van der Waals surface area (Å²) in [5, 5.41) is 5.11. The molecule has 1 aromatic carbocycles. The van der Waals surface area contributed by atoms with Crippen LogP contribution in [0, 0.1) is 0 Å². The first-order valence-electron chi connectivity index (χ1n) is 5.69. The number of nitrogens with zero attached hydrogens (tertiary/aromatic N) is 1. The Balaban J connectivity index is 2.51. The van der Waals surface area contributed by atoms with Crippen molar-refractivity contribution in [1.82, 2.24) is 10.3 Å². The number of nitrogens with one attached hydrogen (secondary N) is 1. The lowest BCUT2D eigenvalue weighted by molar-refractivity contribution is 0.580. The maximum Gasteiger partial charge on any atom is 0.149 e. The van der Waals surface area contributed by atoms with Gasteiger partial charge < -0.3 is 5.32 Å². The van der Waals surface area contributed by atoms with Gasteiger partial charge in [-0.05, 0) is 24.1 Å². The lowest BCUT2D eigenvalue weighted by Crippen LogP contribution is -2.24. The molecule has 1 heterocycles. The van der Waals surface area contributed by atoms with Gasteiger partial charge in [-0.1, -0.05) is 18.2 Å². The highest BCUT2D eigenvalue weighted by Crippen LogP contribution is 2.24. The third-order valence-corrected chi connectivity index (χ3v) is 3.85. The third kappa shape index (κ3) is 2.86. The lowest BCUT2D eigenvalue weighted by atomic mass is 10.0. The molecule has 0 bridgehead atoms. The Bertz CT molecular complexity index is 648. The average molecular weight is 264 g/mol. The highest BCUT2D eigenvalue weighted by Gasteiger charge is 2.17. The first kappa shape index (κ1) is 13.0. The van der Waals surface area contributed by atoms with Crippen molar-refractivity contribution in [1.29, 1.82) is 0 Å². The van der Waals surface area contributed by atoms with Crippen LogP contribution in [0.25, 0.3) is 10.8 Å². The molecule has 0 saturated heterocycles. The fourth-order valence-corrected chi connectivity index (χ4v) is 3.02. The number of rotatable bonds is 4. The maximum atomic E-state index is 11.5. The Morgan fingerprint density at radius 3 is 2.78 bits per heavy atom. The minimum absolute atomic E-state index is 0.0809. The Morgan fingerprint density at radius 2 is 2.11 bits per heavy atom. The molecule has 5 heteroatoms. The molecule has 0 radical (unpaired) electrons. The van der Waals surface area contributed by atoms with Crippen molar-refractivity contribution in [2.45, 2.75) is 6.04 Å². The molecule has 0 amide bonds. The number of pyridine rings is 1. The molecule has 0 saturated carbocycles. The van der Waals surface area contributed by atoms with Gasteiger partial charge in [-0.15, -0.1) is 0 Å². The van der Waals surface area contributed by atoms with Crippen LogP contribution in [0.5, 0.6) is 0 Å². The minimum atomic E-state index is -3.04. The summed E-state index contributed by atoms with van der Waals surface area (Å²) in [6.45, 7) is 0. The van der Waals surface area contributed by atoms with Crippen LogP contribution in [0.15, 0.2) is 36.7 Å². The summed E-state index contributed by atoms with van der Waals surface area (Å²) in [4.78, 5) is 4.11. The van der Waals surface area contributed by atoms with Crippen molar-refractivity contribution >= 4 is 20.6 Å². The second-order valence-corrected chi connectivity index (χ2v) is 6.56. The molecule has 2 rings (SSSR count). The molecular formula is C13H16N2O2S. The van der Waals surface area contributed by atoms with E-state index in [-0.39, 0.29) is 11.8 Å². The summed E-state index contributed by atoms with van der Waals surface area (Å²) in [5.41, 5.74) is 0.966. The summed E-state index contributed by atoms with van der Waals surface area (Å²) < 4.78 is 22.9. The third-order valence-electron chi connectivity index (χ3n) is 2.91. The number of hydrogen-bond acceptors (Lipinski definition) is 4. The van der Waals surface area contributed by atoms with Gasteiger partial charge in [0.15, 0.2) is 0 Å². The summed E-state index contributed by atoms with van der Waals surface area (Å²) in [6.07, 6.45) is 4.76. The van der Waals surface area contributed by atoms with Crippen molar-refractivity contribution < 1.29 is 8.42 Å². The fraction of sp³-hybridized carbons (Fsp3) is 0.308. The molecule has 0 spiro atoms. The van der Waals surface area contributed by atoms with E-state index in [4.69, 9.17) is 0 Å². The van der Waals surface area contributed by atoms with Crippen LogP contribution >= 0.6 is 0 Å². The van der Waals surface area contributed by atoms with Crippen LogP contribution in [0.3, 0.4) is 0 Å². The van der Waals surface area contributed by atoms with E-state index in [1.54, 1.807) is 19.4 Å². The average Bonchev–Trinajstić information content (AvgIpc) is 2.34. The Kier molecular flexibility index (Phi) is 3.63. The number of benzene rings is 1. The van der Waals surface area contributed by atoms with Crippen LogP contribution in [-0.2, 0) is 9.84 Å². The molecule has 1 atom stereocenters. The molecule has 0 aliphatic carbocycles. The molecule has 2 aromatic rings. The summed E-state index contributed by atoms with van der Waals surface area (Å²) >= 11 is 0. The summed E-state index contributed by atoms with van der Waals surface area (Å²) in [6, 6.07) is 7.58. The van der Waals surface area contributed by atoms with Crippen molar-refractivity contribution in [3.05, 3.63) is 42.2 Å². The standard InChI is InChI=1S/C13H16N2O2S/c1-14-13(9-18(2,16)17)11-5-3-4-10-6-7-15-8-12(10)11/h3-8,13-14H,9H2,1-2H3. The van der Waals surface area contributed by atoms with E-state index in [9.17, 15) is 8.42 Å². The van der Waals surface area contributed by atoms with E-state index in [1.807, 2.05) is 24.3 Å². The van der Waals surface area contributed by atoms with Crippen molar-refractivity contribution in [3.63, 3.8) is 0 Å². The minimum Gasteiger partial charge on any atom is -0.312 e. The summed E-state index contributed by atoms with van der Waals surface area (Å²) in [5.74, 6) is 0.0809. The van der Waals surface area contributed by atoms with E-state index < -0.39 is 9.84 Å². The topological polar surface area (TPSA) is 59.1 Å². The van der Waals surface area contributed by atoms with Crippen molar-refractivity contribution in [2.75, 3.05) is 19.1 Å². The lowest BCUT2D eigenvalue weighted by Gasteiger charge is -2.17. The molecule has 4 nitrogen and oxygen atoms in total. The highest BCUT2D eigenvalue weighted by atomic mass is 32.2. The van der Waals surface area contributed by atoms with Crippen LogP contribution in [0.1, 0.15) is 11.6 Å². The second-order valence-electron chi connectivity index (χ2n) is 4.38. The van der Waals surface area contributed by atoms with Crippen LogP contribution < -0.4 is 5.32 Å². The highest BCUT2D eigenvalue weighted by molar-refractivity contribution is 7.90. The van der Waals surface area contributed by atoms with Crippen LogP contribution in [-0.4, -0.2) is 32.5 Å². The molecule has 0 aliphatic heterocycles. The van der Waals surface area contributed by atoms with E-state index in [2.05, 4.69) is 10.3 Å². The molecule has 1 aromatic heterocycles. The van der Waals surface area contributed by atoms with Gasteiger partial charge in [0.1, 0.15) is 9.84 Å². The van der Waals surface area contributed by atoms with Gasteiger partial charge in [0.2, 0.25) is 0 Å². The Morgan fingerprint density at radius 1 is 1.33 bits per heavy atom. The first-order valence-corrected chi connectivity index (χ1v) is 7.75. The molecule has 18 heavy (non-hydrogen) atoms. The van der Waals surface area contributed by atoms with Gasteiger partial charge in [-0.3, -0.25) is 4.98 Å². The van der Waals surface area contributed by atoms with E-state index in [0.29, 0.717) is 0 Å². The van der Waals surface area contributed by atoms with Gasteiger partial charge in [-0.2, -0.15) is 0 Å². The number of hydrogen-bond donors (Lipinski definition) is 1. The van der Waals surface area contributed by atoms with Gasteiger partial charge in [0.05, 0.1) is 5.75 Å². The Hall–Kier alpha value is -1.46. The van der Waals surface area contributed by atoms with Gasteiger partial charge in [0, 0.05) is 30.1 Å². The largest absolute Gasteiger partial charge is 0.312 e. The maximum absolute atomic E-state index is 11.5. The predicted octanol–water partition coefficient (Wildman–Crippen LogP) is 1.54. The Labute approximate surface area is 107 Å². The smallest absolute Gasteiger partial charge is 0.149 e. The van der Waals surface area contributed by atoms with Gasteiger partial charge in [0.25, 0.3) is 0 Å². The molecule has 1 unspecified atom stereocenters. The molecule has 0 fully saturated rings. The zero-order valence-electron chi connectivity index (χ0n) is 10.4. The SMILES string of the molecule is CNC(CS(C)(=O)=O)c1cccc2ccncc12. The number of fused-ring (bicyclic) bond motifs is 1. The van der Waals surface area contributed by atoms with Crippen molar-refractivity contribution in [3.8, 4) is 0 Å². The first-order chi connectivity index (χ1) is 8.51. The van der Waals surface area contributed by atoms with E-state index in [0.717, 1.165) is 16.3 Å². The molecule has 0 aliphatic rings. The molecule has 96 valence electrons. The fourth-order valence-electron chi connectivity index (χ4n) is 2.07. The normalized spacial score (nSPS) is 13.7. The van der Waals surface area contributed by atoms with Crippen LogP contribution in [0.4, 0.5) is 0 Å². The number of sulfone groups is 1. The summed E-state index contributed by atoms with van der Waals surface area (Å²) in [7, 11) is -1.27. The second kappa shape index (κ2) is 5.04. The number of aromatic nitrogens is 1. The monoisotopic (exact) mass is 264 g/mol. The van der Waals surface area contributed by atoms with Crippen LogP contribution in [0.2, 0.25) is 0 Å². The van der Waals surface area contributed by atoms with Gasteiger partial charge in [-0.25, -0.2) is 8.42 Å². The van der Waals surface area contributed by atoms with Crippen molar-refractivity contribution in [2.24, 2.45) is 0 Å². The quantitative estimate of drug-likeness (QED) is 0.910. The van der Waals surface area contributed by atoms with E-state index >= 15 is 0 Å². The predicted molar refractivity (Wildman–Crippen MR) is 73.3 cm³/mol. The zero-order valence-corrected chi connectivity index (χ0v) is 11.2. The van der Waals surface area contributed by atoms with E-state index in [1.165, 1.54) is 6.26 Å². The molecule has 1 N–H and O–H groups in total. The zero-order chi connectivity index (χ0) is 13.2.